The molecule has 1 saturated carbocycles. The fraction of sp³-hybridized carbons (Fsp3) is 0.468. The molecule has 5 heterocycles. The number of aromatic nitrogens is 3. The van der Waals surface area contributed by atoms with Crippen molar-refractivity contribution in [3.8, 4) is 23.1 Å². The number of rotatable bonds is 18. The molecule has 19 heteroatoms. The van der Waals surface area contributed by atoms with Gasteiger partial charge in [0.2, 0.25) is 0 Å². The molecule has 1 amide bonds. The van der Waals surface area contributed by atoms with Crippen molar-refractivity contribution >= 4 is 49.9 Å². The molecule has 5 aliphatic rings. The molecule has 430 valence electrons. The molecule has 17 nitrogen and oxygen atoms in total. The van der Waals surface area contributed by atoms with Crippen LogP contribution in [0.2, 0.25) is 0 Å². The normalized spacial score (nSPS) is 22.5. The van der Waals surface area contributed by atoms with Gasteiger partial charge in [0.1, 0.15) is 33.4 Å². The molecule has 6 aromatic rings. The van der Waals surface area contributed by atoms with Crippen LogP contribution in [0.3, 0.4) is 0 Å². The standard InChI is InChI=1S/C62H76FN9O8S/c1-7-79-60-54(31-47-49(63)18-19-50(47)67-60)80-53-30-42(14-17-46(53)59(73)68-81(76,77)55-32-52(69(5)75)56(58-57(55)65-38-66-58)64-33-40-20-23-61(4,74)24-21-40)71-28-25-62(26-29-71)36-72(37-62)51-22-27-70(34-41-12-15-43(78-6)16-13-41)35-48(51)45-11-9-8-10-44(45)39(2)3/h8-18,30-32,38-40,48,51,64,69,74H,7,19-29,33-37H2,1-6H3,(H,65,66)(H,68,73)/t40-,48?,51?,61-. The Bertz CT molecular complexity index is 3410. The molecule has 4 aromatic carbocycles. The molecule has 0 radical (unpaired) electrons. The molecule has 2 aliphatic carbocycles. The van der Waals surface area contributed by atoms with Crippen molar-refractivity contribution in [3.05, 3.63) is 130 Å². The van der Waals surface area contributed by atoms with E-state index >= 15 is 4.39 Å². The number of likely N-dealkylation sites (tertiary alicyclic amines) is 2. The lowest BCUT2D eigenvalue weighted by molar-refractivity contribution is -0.750. The number of pyridine rings is 1. The minimum Gasteiger partial charge on any atom is -0.629 e. The lowest BCUT2D eigenvalue weighted by Gasteiger charge is -2.59. The minimum atomic E-state index is -4.70. The van der Waals surface area contributed by atoms with Gasteiger partial charge in [-0.15, -0.1) is 0 Å². The molecule has 4 fully saturated rings. The topological polar surface area (TPSA) is 202 Å². The van der Waals surface area contributed by atoms with E-state index in [1.807, 2.05) is 19.1 Å². The lowest BCUT2D eigenvalue weighted by atomic mass is 9.69. The van der Waals surface area contributed by atoms with E-state index in [-0.39, 0.29) is 74.0 Å². The number of aromatic amines is 1. The number of sulfonamides is 1. The van der Waals surface area contributed by atoms with Crippen molar-refractivity contribution in [2.24, 2.45) is 11.3 Å². The summed E-state index contributed by atoms with van der Waals surface area (Å²) in [5.41, 5.74) is 5.87. The maximum atomic E-state index is 15.2. The Morgan fingerprint density at radius 1 is 0.988 bits per heavy atom. The van der Waals surface area contributed by atoms with Gasteiger partial charge in [-0.25, -0.2) is 27.5 Å². The monoisotopic (exact) mass is 1130 g/mol. The van der Waals surface area contributed by atoms with E-state index < -0.39 is 27.4 Å². The first kappa shape index (κ1) is 56.3. The summed E-state index contributed by atoms with van der Waals surface area (Å²) in [6.07, 6.45) is 8.95. The van der Waals surface area contributed by atoms with Gasteiger partial charge < -0.3 is 44.8 Å². The van der Waals surface area contributed by atoms with Crippen molar-refractivity contribution in [2.45, 2.75) is 114 Å². The fourth-order valence-electron chi connectivity index (χ4n) is 13.2. The smallest absolute Gasteiger partial charge is 0.268 e. The van der Waals surface area contributed by atoms with Crippen LogP contribution in [0.4, 0.5) is 21.5 Å². The van der Waals surface area contributed by atoms with Gasteiger partial charge in [-0.05, 0) is 129 Å². The zero-order valence-electron chi connectivity index (χ0n) is 47.3. The highest BCUT2D eigenvalue weighted by Gasteiger charge is 2.50. The summed E-state index contributed by atoms with van der Waals surface area (Å²) in [5, 5.41) is 26.8. The molecule has 81 heavy (non-hydrogen) atoms. The van der Waals surface area contributed by atoms with Crippen LogP contribution >= 0.6 is 0 Å². The number of ether oxygens (including phenoxy) is 3. The highest BCUT2D eigenvalue weighted by atomic mass is 32.2. The number of carbonyl (C=O) groups excluding carboxylic acids is 1. The number of hydrogen-bond donors (Lipinski definition) is 5. The summed E-state index contributed by atoms with van der Waals surface area (Å²) in [6.45, 7) is 15.4. The first-order valence-corrected chi connectivity index (χ1v) is 30.2. The highest BCUT2D eigenvalue weighted by Crippen LogP contribution is 2.48. The zero-order chi connectivity index (χ0) is 56.8. The van der Waals surface area contributed by atoms with Gasteiger partial charge in [0.15, 0.2) is 11.4 Å². The number of carbonyl (C=O) groups is 1. The summed E-state index contributed by atoms with van der Waals surface area (Å²) < 4.78 is 64.4. The number of H-pyrrole nitrogens is 1. The number of amides is 1. The summed E-state index contributed by atoms with van der Waals surface area (Å²) in [7, 11) is -1.65. The Hall–Kier alpha value is -6.61. The average Bonchev–Trinajstić information content (AvgIpc) is 4.10. The van der Waals surface area contributed by atoms with Gasteiger partial charge in [0.25, 0.3) is 21.8 Å². The fourth-order valence-corrected chi connectivity index (χ4v) is 14.3. The van der Waals surface area contributed by atoms with Crippen LogP contribution in [0.15, 0.2) is 96.2 Å². The highest BCUT2D eigenvalue weighted by molar-refractivity contribution is 7.90. The third kappa shape index (κ3) is 11.8. The Morgan fingerprint density at radius 3 is 2.46 bits per heavy atom. The lowest BCUT2D eigenvalue weighted by Crippen LogP contribution is -2.98. The van der Waals surface area contributed by atoms with Crippen molar-refractivity contribution in [1.82, 2.24) is 29.5 Å². The number of quaternary nitrogens is 1. The Labute approximate surface area is 474 Å². The number of piperidine rings is 2. The first-order chi connectivity index (χ1) is 38.9. The molecule has 0 bridgehead atoms. The van der Waals surface area contributed by atoms with Crippen LogP contribution in [0.1, 0.15) is 123 Å². The molecule has 11 rings (SSSR count). The van der Waals surface area contributed by atoms with Crippen LogP contribution in [0.5, 0.6) is 23.1 Å². The van der Waals surface area contributed by atoms with Gasteiger partial charge >= 0.3 is 0 Å². The number of hydrogen-bond acceptors (Lipinski definition) is 14. The van der Waals surface area contributed by atoms with Crippen LogP contribution in [-0.4, -0.2) is 122 Å². The van der Waals surface area contributed by atoms with E-state index in [1.54, 1.807) is 32.2 Å². The van der Waals surface area contributed by atoms with Crippen molar-refractivity contribution in [1.29, 1.82) is 0 Å². The SMILES string of the molecule is CCOc1nc2c(cc1Oc1cc(N3CCC4(CC3)CN(C3CCN(Cc5ccc(OC)cc5)CC3c3ccccc3C(C)C)C4)ccc1C(=O)NS(=O)(=O)c1cc([NH+](C)[O-])c(NC[C@H]3CC[C@](C)(O)CC3)c3[nH]cnc13)C(F)=CC2. The van der Waals surface area contributed by atoms with Crippen molar-refractivity contribution < 1.29 is 42.0 Å². The van der Waals surface area contributed by atoms with E-state index in [2.05, 4.69) is 89.9 Å². The quantitative estimate of drug-likeness (QED) is 0.0510. The van der Waals surface area contributed by atoms with Gasteiger partial charge in [-0.3, -0.25) is 14.6 Å². The maximum absolute atomic E-state index is 15.2. The third-order valence-corrected chi connectivity index (χ3v) is 19.1. The van der Waals surface area contributed by atoms with Gasteiger partial charge in [-0.2, -0.15) is 0 Å². The second-order valence-electron chi connectivity index (χ2n) is 23.7. The van der Waals surface area contributed by atoms with Crippen molar-refractivity contribution in [2.75, 3.05) is 76.8 Å². The number of imidazole rings is 1. The second-order valence-corrected chi connectivity index (χ2v) is 25.4. The summed E-state index contributed by atoms with van der Waals surface area (Å²) in [4.78, 5) is 33.9. The molecular formula is C62H76FN9O8S. The molecular weight excluding hydrogens is 1050 g/mol. The van der Waals surface area contributed by atoms with Crippen LogP contribution in [0, 0.1) is 16.5 Å². The molecule has 1 spiro atoms. The molecule has 3 unspecified atom stereocenters. The molecule has 3 saturated heterocycles. The number of fused-ring (bicyclic) bond motifs is 2. The first-order valence-electron chi connectivity index (χ1n) is 28.7. The predicted molar refractivity (Wildman–Crippen MR) is 312 cm³/mol. The number of anilines is 2. The van der Waals surface area contributed by atoms with E-state index in [0.29, 0.717) is 54.2 Å². The number of nitrogens with one attached hydrogen (secondary N) is 4. The average molecular weight is 1130 g/mol. The number of halogens is 1. The Balaban J connectivity index is 0.831. The van der Waals surface area contributed by atoms with Crippen LogP contribution in [0.25, 0.3) is 16.9 Å². The Kier molecular flexibility index (Phi) is 16.0. The summed E-state index contributed by atoms with van der Waals surface area (Å²) >= 11 is 0. The van der Waals surface area contributed by atoms with E-state index in [9.17, 15) is 23.5 Å². The maximum Gasteiger partial charge on any atom is 0.268 e. The van der Waals surface area contributed by atoms with E-state index in [4.69, 9.17) is 14.2 Å². The number of hydroxylamine groups is 1. The minimum absolute atomic E-state index is 0.0181. The van der Waals surface area contributed by atoms with Crippen LogP contribution < -0.4 is 34.2 Å². The number of methoxy groups -OCH3 is 1. The number of aliphatic hydroxyl groups is 1. The Morgan fingerprint density at radius 2 is 1.74 bits per heavy atom. The molecule has 5 N–H and O–H groups in total. The second kappa shape index (κ2) is 23.0. The largest absolute Gasteiger partial charge is 0.629 e. The molecule has 3 atom stereocenters. The number of allylic oxidation sites excluding steroid dienone is 1. The summed E-state index contributed by atoms with van der Waals surface area (Å²) in [5.74, 6) is 0.601. The van der Waals surface area contributed by atoms with E-state index in [0.717, 1.165) is 89.4 Å². The molecule has 2 aromatic heterocycles. The summed E-state index contributed by atoms with van der Waals surface area (Å²) in [6, 6.07) is 25.7. The van der Waals surface area contributed by atoms with Gasteiger partial charge in [0, 0.05) is 94.1 Å². The zero-order valence-corrected chi connectivity index (χ0v) is 48.1. The van der Waals surface area contributed by atoms with E-state index in [1.165, 1.54) is 48.3 Å². The van der Waals surface area contributed by atoms with Gasteiger partial charge in [-0.1, -0.05) is 50.2 Å². The molecule has 3 aliphatic heterocycles. The number of benzene rings is 4. The van der Waals surface area contributed by atoms with Crippen molar-refractivity contribution in [3.63, 3.8) is 0 Å². The number of nitrogens with zero attached hydrogens (tertiary/aromatic N) is 5. The van der Waals surface area contributed by atoms with Gasteiger partial charge in [0.05, 0.1) is 49.5 Å². The van der Waals surface area contributed by atoms with Crippen LogP contribution in [-0.2, 0) is 23.0 Å². The predicted octanol–water partition coefficient (Wildman–Crippen LogP) is 9.22. The third-order valence-electron chi connectivity index (χ3n) is 17.8.